The van der Waals surface area contributed by atoms with Crippen LogP contribution in [0.3, 0.4) is 0 Å². The zero-order chi connectivity index (χ0) is 20.8. The van der Waals surface area contributed by atoms with Crippen LogP contribution in [-0.4, -0.2) is 42.8 Å². The highest BCUT2D eigenvalue weighted by atomic mass is 16.6. The molecule has 0 aromatic heterocycles. The molecule has 0 aromatic rings. The van der Waals surface area contributed by atoms with Gasteiger partial charge in [0.1, 0.15) is 5.60 Å². The molecule has 1 unspecified atom stereocenters. The summed E-state index contributed by atoms with van der Waals surface area (Å²) in [5, 5.41) is 5.90. The molecule has 154 valence electrons. The minimum Gasteiger partial charge on any atom is -0.466 e. The summed E-state index contributed by atoms with van der Waals surface area (Å²) in [6, 6.07) is -0.550. The maximum atomic E-state index is 12.3. The van der Waals surface area contributed by atoms with Gasteiger partial charge in [-0.3, -0.25) is 4.79 Å². The first-order valence-corrected chi connectivity index (χ1v) is 9.57. The summed E-state index contributed by atoms with van der Waals surface area (Å²) in [6.07, 6.45) is 3.37. The molecule has 0 spiro atoms. The maximum Gasteiger partial charge on any atom is 0.407 e. The van der Waals surface area contributed by atoms with Gasteiger partial charge in [0.25, 0.3) is 0 Å². The second kappa shape index (κ2) is 9.76. The van der Waals surface area contributed by atoms with Gasteiger partial charge in [0.15, 0.2) is 0 Å². The number of carbonyl (C=O) groups is 3. The molecule has 0 radical (unpaired) electrons. The lowest BCUT2D eigenvalue weighted by Crippen LogP contribution is -2.51. The fourth-order valence-electron chi connectivity index (χ4n) is 3.59. The van der Waals surface area contributed by atoms with Gasteiger partial charge in [0.2, 0.25) is 5.91 Å². The number of hydrogen-bond acceptors (Lipinski definition) is 5. The van der Waals surface area contributed by atoms with E-state index in [-0.39, 0.29) is 29.8 Å². The van der Waals surface area contributed by atoms with Gasteiger partial charge in [0.05, 0.1) is 7.11 Å². The Morgan fingerprint density at radius 3 is 2.26 bits per heavy atom. The van der Waals surface area contributed by atoms with Crippen LogP contribution < -0.4 is 10.6 Å². The molecule has 27 heavy (non-hydrogen) atoms. The van der Waals surface area contributed by atoms with Crippen LogP contribution in [-0.2, 0) is 19.1 Å². The molecule has 0 saturated heterocycles. The number of alkyl carbamates (subject to hydrolysis) is 1. The summed E-state index contributed by atoms with van der Waals surface area (Å²) in [5.41, 5.74) is -0.117. The maximum absolute atomic E-state index is 12.3. The predicted octanol–water partition coefficient (Wildman–Crippen LogP) is 2.94. The van der Waals surface area contributed by atoms with Crippen LogP contribution in [0.2, 0.25) is 0 Å². The summed E-state index contributed by atoms with van der Waals surface area (Å²) < 4.78 is 10.2. The summed E-state index contributed by atoms with van der Waals surface area (Å²) in [6.45, 7) is 11.0. The number of amides is 2. The lowest BCUT2D eigenvalue weighted by Gasteiger charge is -2.34. The van der Waals surface area contributed by atoms with Crippen LogP contribution in [0.25, 0.3) is 0 Å². The first-order valence-electron chi connectivity index (χ1n) is 9.57. The molecule has 0 bridgehead atoms. The zero-order valence-corrected chi connectivity index (χ0v) is 17.5. The average molecular weight is 383 g/mol. The molecule has 2 N–H and O–H groups in total. The number of ether oxygens (including phenoxy) is 2. The van der Waals surface area contributed by atoms with Crippen LogP contribution in [0, 0.1) is 11.8 Å². The quantitative estimate of drug-likeness (QED) is 0.660. The van der Waals surface area contributed by atoms with E-state index in [1.54, 1.807) is 20.8 Å². The molecule has 7 heteroatoms. The second-order valence-corrected chi connectivity index (χ2v) is 8.02. The van der Waals surface area contributed by atoms with Crippen molar-refractivity contribution in [1.29, 1.82) is 0 Å². The normalized spacial score (nSPS) is 20.7. The lowest BCUT2D eigenvalue weighted by atomic mass is 9.82. The Hall–Kier alpha value is -2.05. The Morgan fingerprint density at radius 1 is 1.22 bits per heavy atom. The van der Waals surface area contributed by atoms with E-state index in [4.69, 9.17) is 9.47 Å². The van der Waals surface area contributed by atoms with Crippen molar-refractivity contribution in [3.05, 3.63) is 11.6 Å². The van der Waals surface area contributed by atoms with Gasteiger partial charge in [-0.1, -0.05) is 32.8 Å². The third kappa shape index (κ3) is 6.88. The highest BCUT2D eigenvalue weighted by Crippen LogP contribution is 2.33. The molecule has 0 fully saturated rings. The molecule has 7 nitrogen and oxygen atoms in total. The Morgan fingerprint density at radius 2 is 1.81 bits per heavy atom. The second-order valence-electron chi connectivity index (χ2n) is 8.02. The van der Waals surface area contributed by atoms with Crippen LogP contribution >= 0.6 is 0 Å². The SMILES string of the molecule is CCC(CC)C(NC(C)=O)[C@@H]1C=C(C(=O)OC)C[C@H]1NC(=O)OC(C)(C)C. The van der Waals surface area contributed by atoms with E-state index in [1.165, 1.54) is 14.0 Å². The molecule has 0 heterocycles. The van der Waals surface area contributed by atoms with Crippen LogP contribution in [0.1, 0.15) is 60.8 Å². The number of hydrogen-bond donors (Lipinski definition) is 2. The van der Waals surface area contributed by atoms with Gasteiger partial charge >= 0.3 is 12.1 Å². The summed E-state index contributed by atoms with van der Waals surface area (Å²) in [5.74, 6) is -0.557. The number of methoxy groups -OCH3 is 1. The predicted molar refractivity (Wildman–Crippen MR) is 103 cm³/mol. The molecule has 1 aliphatic carbocycles. The van der Waals surface area contributed by atoms with Crippen molar-refractivity contribution in [2.45, 2.75) is 78.5 Å². The number of carbonyl (C=O) groups excluding carboxylic acids is 3. The first-order chi connectivity index (χ1) is 12.5. The third-order valence-electron chi connectivity index (χ3n) is 4.79. The largest absolute Gasteiger partial charge is 0.466 e. The highest BCUT2D eigenvalue weighted by Gasteiger charge is 2.40. The monoisotopic (exact) mass is 382 g/mol. The summed E-state index contributed by atoms with van der Waals surface area (Å²) in [7, 11) is 1.33. The Balaban J connectivity index is 3.13. The zero-order valence-electron chi connectivity index (χ0n) is 17.5. The van der Waals surface area contributed by atoms with Gasteiger partial charge < -0.3 is 20.1 Å². The van der Waals surface area contributed by atoms with Gasteiger partial charge in [-0.25, -0.2) is 9.59 Å². The molecule has 0 aliphatic heterocycles. The third-order valence-corrected chi connectivity index (χ3v) is 4.79. The van der Waals surface area contributed by atoms with E-state index in [9.17, 15) is 14.4 Å². The number of esters is 1. The van der Waals surface area contributed by atoms with Gasteiger partial charge in [-0.05, 0) is 26.7 Å². The van der Waals surface area contributed by atoms with Gasteiger partial charge in [0, 0.05) is 36.9 Å². The summed E-state index contributed by atoms with van der Waals surface area (Å²) in [4.78, 5) is 36.2. The lowest BCUT2D eigenvalue weighted by molar-refractivity contribution is -0.136. The molecular formula is C20H34N2O5. The van der Waals surface area contributed by atoms with Crippen LogP contribution in [0.4, 0.5) is 4.79 Å². The molecule has 0 saturated carbocycles. The van der Waals surface area contributed by atoms with E-state index in [0.29, 0.717) is 12.0 Å². The van der Waals surface area contributed by atoms with Crippen molar-refractivity contribution in [2.24, 2.45) is 11.8 Å². The Bertz CT molecular complexity index is 575. The van der Waals surface area contributed by atoms with E-state index in [2.05, 4.69) is 24.5 Å². The molecule has 3 atom stereocenters. The van der Waals surface area contributed by atoms with Crippen molar-refractivity contribution in [2.75, 3.05) is 7.11 Å². The average Bonchev–Trinajstić information content (AvgIpc) is 2.95. The van der Waals surface area contributed by atoms with Crippen molar-refractivity contribution >= 4 is 18.0 Å². The topological polar surface area (TPSA) is 93.7 Å². The minimum atomic E-state index is -0.622. The van der Waals surface area contributed by atoms with Gasteiger partial charge in [-0.2, -0.15) is 0 Å². The van der Waals surface area contributed by atoms with Crippen LogP contribution in [0.5, 0.6) is 0 Å². The van der Waals surface area contributed by atoms with Crippen molar-refractivity contribution < 1.29 is 23.9 Å². The van der Waals surface area contributed by atoms with Crippen molar-refractivity contribution in [3.8, 4) is 0 Å². The molecule has 1 rings (SSSR count). The van der Waals surface area contributed by atoms with Crippen LogP contribution in [0.15, 0.2) is 11.6 Å². The fourth-order valence-corrected chi connectivity index (χ4v) is 3.59. The minimum absolute atomic E-state index is 0.136. The standard InChI is InChI=1S/C20H34N2O5/c1-8-13(9-2)17(21-12(3)23)15-10-14(18(24)26-7)11-16(15)22-19(25)27-20(4,5)6/h10,13,15-17H,8-9,11H2,1-7H3,(H,21,23)(H,22,25)/t15-,16-,17?/m1/s1. The van der Waals surface area contributed by atoms with Crippen molar-refractivity contribution in [3.63, 3.8) is 0 Å². The summed E-state index contributed by atoms with van der Waals surface area (Å²) >= 11 is 0. The molecule has 2 amide bonds. The van der Waals surface area contributed by atoms with E-state index < -0.39 is 17.7 Å². The van der Waals surface area contributed by atoms with E-state index in [0.717, 1.165) is 12.8 Å². The van der Waals surface area contributed by atoms with Gasteiger partial charge in [-0.15, -0.1) is 0 Å². The first kappa shape index (κ1) is 23.0. The smallest absolute Gasteiger partial charge is 0.407 e. The molecular weight excluding hydrogens is 348 g/mol. The Kier molecular flexibility index (Phi) is 8.31. The molecule has 1 aliphatic rings. The van der Waals surface area contributed by atoms with E-state index in [1.807, 2.05) is 6.08 Å². The number of nitrogens with one attached hydrogen (secondary N) is 2. The van der Waals surface area contributed by atoms with Crippen molar-refractivity contribution in [1.82, 2.24) is 10.6 Å². The fraction of sp³-hybridized carbons (Fsp3) is 0.750. The highest BCUT2D eigenvalue weighted by molar-refractivity contribution is 5.89. The molecule has 0 aromatic carbocycles. The number of rotatable bonds is 7. The van der Waals surface area contributed by atoms with E-state index >= 15 is 0 Å². The Labute approximate surface area is 162 Å².